The molecule has 0 spiro atoms. The largest absolute Gasteiger partial charge is 0.489 e. The van der Waals surface area contributed by atoms with Gasteiger partial charge in [-0.3, -0.25) is 4.79 Å². The van der Waals surface area contributed by atoms with Crippen molar-refractivity contribution in [2.45, 2.75) is 77.1 Å². The van der Waals surface area contributed by atoms with E-state index >= 15 is 0 Å². The highest BCUT2D eigenvalue weighted by Crippen LogP contribution is 2.63. The molecule has 38 heavy (non-hydrogen) atoms. The second-order valence-corrected chi connectivity index (χ2v) is 11.8. The van der Waals surface area contributed by atoms with Gasteiger partial charge in [0, 0.05) is 24.3 Å². The zero-order valence-corrected chi connectivity index (χ0v) is 22.3. The van der Waals surface area contributed by atoms with Crippen molar-refractivity contribution >= 4 is 17.5 Å². The second kappa shape index (κ2) is 9.76. The van der Waals surface area contributed by atoms with Crippen LogP contribution >= 0.6 is 0 Å². The van der Waals surface area contributed by atoms with Gasteiger partial charge in [-0.25, -0.2) is 4.79 Å². The molecule has 1 saturated heterocycles. The Hall–Kier alpha value is -3.34. The number of hydrogen-bond acceptors (Lipinski definition) is 5. The molecule has 2 aromatic carbocycles. The fraction of sp³-hybridized carbons (Fsp3) is 0.455. The molecule has 6 rings (SSSR count). The molecule has 0 amide bonds. The van der Waals surface area contributed by atoms with Crippen LogP contribution in [0.3, 0.4) is 0 Å². The Morgan fingerprint density at radius 3 is 2.68 bits per heavy atom. The first-order valence-electron chi connectivity index (χ1n) is 13.9. The summed E-state index contributed by atoms with van der Waals surface area (Å²) in [7, 11) is 0. The maximum absolute atomic E-state index is 12.1. The minimum absolute atomic E-state index is 0.00228. The predicted octanol–water partition coefficient (Wildman–Crippen LogP) is 6.77. The van der Waals surface area contributed by atoms with Crippen molar-refractivity contribution in [3.05, 3.63) is 83.4 Å². The summed E-state index contributed by atoms with van der Waals surface area (Å²) in [5.74, 6) is 1.77. The predicted molar refractivity (Wildman–Crippen MR) is 145 cm³/mol. The van der Waals surface area contributed by atoms with Gasteiger partial charge in [-0.2, -0.15) is 0 Å². The van der Waals surface area contributed by atoms with Crippen LogP contribution in [0, 0.1) is 17.3 Å². The third-order valence-corrected chi connectivity index (χ3v) is 9.51. The van der Waals surface area contributed by atoms with Crippen LogP contribution in [0.4, 0.5) is 0 Å². The summed E-state index contributed by atoms with van der Waals surface area (Å²) >= 11 is 0. The standard InChI is InChI=1S/C33H36O5/c1-20-15-25(38-32(20)35)16-23-17-29-27(13-14-33(3)30(29)11-12-31(33)37-21(2)34)26-10-9-24(18-28(23)26)36-19-22-7-5-4-6-8-22/h4-10,16,18,25,27,29-31H,1,11-15,17,19H2,2-3H3/b23-16+/t25?,27-,29-,30+,31+,33+/m1/s1. The van der Waals surface area contributed by atoms with Crippen LogP contribution in [0.2, 0.25) is 0 Å². The van der Waals surface area contributed by atoms with Crippen LogP contribution in [0.5, 0.6) is 5.75 Å². The van der Waals surface area contributed by atoms with Gasteiger partial charge in [-0.1, -0.05) is 49.9 Å². The summed E-state index contributed by atoms with van der Waals surface area (Å²) in [5.41, 5.74) is 5.46. The van der Waals surface area contributed by atoms with E-state index in [4.69, 9.17) is 14.2 Å². The highest BCUT2D eigenvalue weighted by molar-refractivity contribution is 5.90. The van der Waals surface area contributed by atoms with Crippen LogP contribution in [0.15, 0.2) is 66.8 Å². The number of carbonyl (C=O) groups excluding carboxylic acids is 2. The number of cyclic esters (lactones) is 1. The number of esters is 2. The average molecular weight is 513 g/mol. The lowest BCUT2D eigenvalue weighted by Gasteiger charge is -2.51. The molecular formula is C33H36O5. The van der Waals surface area contributed by atoms with Crippen LogP contribution in [-0.4, -0.2) is 24.1 Å². The molecule has 1 heterocycles. The van der Waals surface area contributed by atoms with Crippen molar-refractivity contribution in [2.24, 2.45) is 17.3 Å². The van der Waals surface area contributed by atoms with Gasteiger partial charge in [0.2, 0.25) is 0 Å². The molecule has 2 aromatic rings. The second-order valence-electron chi connectivity index (χ2n) is 11.8. The van der Waals surface area contributed by atoms with E-state index in [9.17, 15) is 9.59 Å². The number of allylic oxidation sites excluding steroid dienone is 1. The fourth-order valence-electron chi connectivity index (χ4n) is 7.70. The van der Waals surface area contributed by atoms with E-state index in [-0.39, 0.29) is 29.6 Å². The molecule has 1 aliphatic heterocycles. The third-order valence-electron chi connectivity index (χ3n) is 9.51. The van der Waals surface area contributed by atoms with E-state index in [2.05, 4.69) is 49.9 Å². The molecule has 0 N–H and O–H groups in total. The van der Waals surface area contributed by atoms with Gasteiger partial charge in [0.05, 0.1) is 0 Å². The van der Waals surface area contributed by atoms with Gasteiger partial charge in [0.25, 0.3) is 0 Å². The van der Waals surface area contributed by atoms with Crippen LogP contribution in [0.25, 0.3) is 5.57 Å². The van der Waals surface area contributed by atoms with Gasteiger partial charge in [0.15, 0.2) is 0 Å². The molecule has 3 fully saturated rings. The lowest BCUT2D eigenvalue weighted by molar-refractivity contribution is -0.154. The molecule has 1 unspecified atom stereocenters. The van der Waals surface area contributed by atoms with E-state index in [0.717, 1.165) is 43.4 Å². The zero-order valence-electron chi connectivity index (χ0n) is 22.3. The Morgan fingerprint density at radius 1 is 1.13 bits per heavy atom. The van der Waals surface area contributed by atoms with Crippen molar-refractivity contribution in [1.29, 1.82) is 0 Å². The molecule has 0 radical (unpaired) electrons. The van der Waals surface area contributed by atoms with Gasteiger partial charge >= 0.3 is 11.9 Å². The maximum atomic E-state index is 12.1. The fourth-order valence-corrected chi connectivity index (χ4v) is 7.70. The molecular weight excluding hydrogens is 476 g/mol. The Balaban J connectivity index is 1.33. The maximum Gasteiger partial charge on any atom is 0.334 e. The highest BCUT2D eigenvalue weighted by atomic mass is 16.6. The monoisotopic (exact) mass is 512 g/mol. The van der Waals surface area contributed by atoms with E-state index in [1.807, 2.05) is 18.2 Å². The molecule has 5 nitrogen and oxygen atoms in total. The summed E-state index contributed by atoms with van der Waals surface area (Å²) in [5, 5.41) is 0. The Kier molecular flexibility index (Phi) is 6.41. The molecule has 0 bridgehead atoms. The quantitative estimate of drug-likeness (QED) is 0.327. The van der Waals surface area contributed by atoms with Gasteiger partial charge in [-0.05, 0) is 90.3 Å². The van der Waals surface area contributed by atoms with Crippen molar-refractivity contribution in [3.8, 4) is 5.75 Å². The van der Waals surface area contributed by atoms with E-state index in [0.29, 0.717) is 36.4 Å². The van der Waals surface area contributed by atoms with Crippen LogP contribution in [-0.2, 0) is 25.7 Å². The number of hydrogen-bond donors (Lipinski definition) is 0. The first-order valence-corrected chi connectivity index (χ1v) is 13.9. The first kappa shape index (κ1) is 25.0. The Bertz CT molecular complexity index is 1280. The lowest BCUT2D eigenvalue weighted by Crippen LogP contribution is -2.45. The van der Waals surface area contributed by atoms with Crippen molar-refractivity contribution in [3.63, 3.8) is 0 Å². The first-order chi connectivity index (χ1) is 18.3. The molecule has 4 aliphatic rings. The number of benzene rings is 2. The number of carbonyl (C=O) groups is 2. The average Bonchev–Trinajstić information content (AvgIpc) is 3.40. The van der Waals surface area contributed by atoms with Crippen LogP contribution in [0.1, 0.15) is 75.0 Å². The summed E-state index contributed by atoms with van der Waals surface area (Å²) in [6.45, 7) is 8.24. The topological polar surface area (TPSA) is 61.8 Å². The lowest BCUT2D eigenvalue weighted by atomic mass is 9.54. The van der Waals surface area contributed by atoms with E-state index < -0.39 is 0 Å². The molecule has 3 aliphatic carbocycles. The molecule has 198 valence electrons. The van der Waals surface area contributed by atoms with Crippen molar-refractivity contribution in [1.82, 2.24) is 0 Å². The van der Waals surface area contributed by atoms with E-state index in [1.165, 1.54) is 23.6 Å². The van der Waals surface area contributed by atoms with Gasteiger partial charge < -0.3 is 14.2 Å². The zero-order chi connectivity index (χ0) is 26.4. The van der Waals surface area contributed by atoms with Crippen molar-refractivity contribution in [2.75, 3.05) is 0 Å². The number of fused-ring (bicyclic) bond motifs is 5. The Labute approximate surface area is 224 Å². The smallest absolute Gasteiger partial charge is 0.334 e. The van der Waals surface area contributed by atoms with Crippen LogP contribution < -0.4 is 4.74 Å². The van der Waals surface area contributed by atoms with Gasteiger partial charge in [-0.15, -0.1) is 0 Å². The highest BCUT2D eigenvalue weighted by Gasteiger charge is 2.56. The summed E-state index contributed by atoms with van der Waals surface area (Å²) in [6.07, 6.45) is 7.46. The van der Waals surface area contributed by atoms with Gasteiger partial charge in [0.1, 0.15) is 24.6 Å². The summed E-state index contributed by atoms with van der Waals surface area (Å²) in [6, 6.07) is 16.7. The Morgan fingerprint density at radius 2 is 1.95 bits per heavy atom. The van der Waals surface area contributed by atoms with E-state index in [1.54, 1.807) is 0 Å². The SMILES string of the molecule is C=C1CC(/C=C2\C[C@@H]3[C@H](CC[C@]4(C)[C@@H](OC(C)=O)CC[C@@H]34)c3ccc(OCc4ccccc4)cc32)OC1=O. The summed E-state index contributed by atoms with van der Waals surface area (Å²) in [4.78, 5) is 23.9. The molecule has 0 aromatic heterocycles. The normalized spacial score (nSPS) is 32.8. The third kappa shape index (κ3) is 4.46. The minimum atomic E-state index is -0.300. The molecule has 2 saturated carbocycles. The molecule has 5 heteroatoms. The number of rotatable bonds is 5. The summed E-state index contributed by atoms with van der Waals surface area (Å²) < 4.78 is 17.7. The number of ether oxygens (including phenoxy) is 3. The van der Waals surface area contributed by atoms with Crippen molar-refractivity contribution < 1.29 is 23.8 Å². The minimum Gasteiger partial charge on any atom is -0.489 e. The molecule has 6 atom stereocenters.